The van der Waals surface area contributed by atoms with Crippen LogP contribution < -0.4 is 5.32 Å². The van der Waals surface area contributed by atoms with Crippen LogP contribution in [0.25, 0.3) is 0 Å². The third kappa shape index (κ3) is 4.28. The summed E-state index contributed by atoms with van der Waals surface area (Å²) < 4.78 is 5.71. The average Bonchev–Trinajstić information content (AvgIpc) is 2.48. The first-order valence-corrected chi connectivity index (χ1v) is 7.24. The molecule has 1 aliphatic heterocycles. The van der Waals surface area contributed by atoms with E-state index in [-0.39, 0.29) is 12.0 Å². The predicted octanol–water partition coefficient (Wildman–Crippen LogP) is 1.23. The van der Waals surface area contributed by atoms with E-state index in [4.69, 9.17) is 4.74 Å². The van der Waals surface area contributed by atoms with Gasteiger partial charge in [0, 0.05) is 31.5 Å². The summed E-state index contributed by atoms with van der Waals surface area (Å²) in [7, 11) is 0. The molecule has 110 valence electrons. The van der Waals surface area contributed by atoms with E-state index in [9.17, 15) is 4.79 Å². The summed E-state index contributed by atoms with van der Waals surface area (Å²) in [6.07, 6.45) is 2.68. The van der Waals surface area contributed by atoms with Crippen molar-refractivity contribution in [3.63, 3.8) is 0 Å². The zero-order chi connectivity index (χ0) is 14.4. The van der Waals surface area contributed by atoms with Crippen LogP contribution in [-0.2, 0) is 4.74 Å². The number of carbonyl (C=O) groups is 1. The van der Waals surface area contributed by atoms with Gasteiger partial charge in [0.1, 0.15) is 0 Å². The number of rotatable bonds is 5. The first-order valence-electron chi connectivity index (χ1n) is 7.24. The Kier molecular flexibility index (Phi) is 5.49. The minimum absolute atomic E-state index is 0.0688. The molecule has 1 fully saturated rings. The SMILES string of the molecule is CCN1CCOC(CCNC(=O)c2ccc(C)nc2)C1. The first-order chi connectivity index (χ1) is 9.69. The second kappa shape index (κ2) is 7.36. The van der Waals surface area contributed by atoms with Gasteiger partial charge in [-0.25, -0.2) is 0 Å². The van der Waals surface area contributed by atoms with Gasteiger partial charge in [-0.05, 0) is 32.0 Å². The zero-order valence-electron chi connectivity index (χ0n) is 12.3. The molecule has 2 rings (SSSR count). The number of nitrogens with one attached hydrogen (secondary N) is 1. The van der Waals surface area contributed by atoms with E-state index in [0.29, 0.717) is 12.1 Å². The third-order valence-corrected chi connectivity index (χ3v) is 3.60. The Balaban J connectivity index is 1.72. The lowest BCUT2D eigenvalue weighted by atomic mass is 10.2. The van der Waals surface area contributed by atoms with Crippen molar-refractivity contribution in [2.24, 2.45) is 0 Å². The number of amides is 1. The highest BCUT2D eigenvalue weighted by atomic mass is 16.5. The third-order valence-electron chi connectivity index (χ3n) is 3.60. The quantitative estimate of drug-likeness (QED) is 0.879. The minimum atomic E-state index is -0.0688. The number of morpholine rings is 1. The van der Waals surface area contributed by atoms with Crippen molar-refractivity contribution in [1.29, 1.82) is 0 Å². The lowest BCUT2D eigenvalue weighted by Gasteiger charge is -2.32. The molecule has 1 saturated heterocycles. The number of carbonyl (C=O) groups excluding carboxylic acids is 1. The smallest absolute Gasteiger partial charge is 0.252 e. The van der Waals surface area contributed by atoms with E-state index in [1.807, 2.05) is 13.0 Å². The first kappa shape index (κ1) is 14.9. The highest BCUT2D eigenvalue weighted by Crippen LogP contribution is 2.07. The van der Waals surface area contributed by atoms with Crippen LogP contribution in [0.1, 0.15) is 29.4 Å². The molecule has 1 atom stereocenters. The molecule has 0 aliphatic carbocycles. The Morgan fingerprint density at radius 2 is 2.40 bits per heavy atom. The van der Waals surface area contributed by atoms with E-state index in [0.717, 1.165) is 38.4 Å². The van der Waals surface area contributed by atoms with Crippen LogP contribution in [0.3, 0.4) is 0 Å². The van der Waals surface area contributed by atoms with Crippen LogP contribution in [0, 0.1) is 6.92 Å². The maximum atomic E-state index is 11.9. The second-order valence-electron chi connectivity index (χ2n) is 5.12. The van der Waals surface area contributed by atoms with Crippen LogP contribution in [-0.4, -0.2) is 54.7 Å². The number of hydrogen-bond donors (Lipinski definition) is 1. The van der Waals surface area contributed by atoms with Crippen molar-refractivity contribution in [3.8, 4) is 0 Å². The minimum Gasteiger partial charge on any atom is -0.375 e. The summed E-state index contributed by atoms with van der Waals surface area (Å²) in [5.41, 5.74) is 1.52. The van der Waals surface area contributed by atoms with E-state index >= 15 is 0 Å². The molecular formula is C15H23N3O2. The van der Waals surface area contributed by atoms with Gasteiger partial charge in [0.05, 0.1) is 18.3 Å². The maximum Gasteiger partial charge on any atom is 0.252 e. The van der Waals surface area contributed by atoms with Crippen LogP contribution in [0.5, 0.6) is 0 Å². The molecule has 0 spiro atoms. The van der Waals surface area contributed by atoms with Gasteiger partial charge in [-0.3, -0.25) is 14.7 Å². The number of aromatic nitrogens is 1. The normalized spacial score (nSPS) is 19.8. The highest BCUT2D eigenvalue weighted by molar-refractivity contribution is 5.93. The Hall–Kier alpha value is -1.46. The molecule has 1 amide bonds. The van der Waals surface area contributed by atoms with Gasteiger partial charge in [0.2, 0.25) is 0 Å². The number of pyridine rings is 1. The molecule has 5 heteroatoms. The molecule has 2 heterocycles. The monoisotopic (exact) mass is 277 g/mol. The summed E-state index contributed by atoms with van der Waals surface area (Å²) >= 11 is 0. The lowest BCUT2D eigenvalue weighted by molar-refractivity contribution is -0.0296. The molecule has 1 aliphatic rings. The fourth-order valence-electron chi connectivity index (χ4n) is 2.29. The summed E-state index contributed by atoms with van der Waals surface area (Å²) in [6, 6.07) is 3.64. The number of likely N-dealkylation sites (N-methyl/N-ethyl adjacent to an activating group) is 1. The Bertz CT molecular complexity index is 433. The van der Waals surface area contributed by atoms with Crippen LogP contribution in [0.2, 0.25) is 0 Å². The Morgan fingerprint density at radius 1 is 1.55 bits per heavy atom. The standard InChI is InChI=1S/C15H23N3O2/c1-3-18-8-9-20-14(11-18)6-7-16-15(19)13-5-4-12(2)17-10-13/h4-5,10,14H,3,6-9,11H2,1-2H3,(H,16,19). The molecule has 1 aromatic rings. The summed E-state index contributed by atoms with van der Waals surface area (Å²) in [6.45, 7) is 8.51. The van der Waals surface area contributed by atoms with Gasteiger partial charge in [0.25, 0.3) is 5.91 Å². The van der Waals surface area contributed by atoms with Crippen molar-refractivity contribution >= 4 is 5.91 Å². The molecule has 1 unspecified atom stereocenters. The van der Waals surface area contributed by atoms with E-state index < -0.39 is 0 Å². The number of ether oxygens (including phenoxy) is 1. The van der Waals surface area contributed by atoms with Crippen molar-refractivity contribution in [2.45, 2.75) is 26.4 Å². The topological polar surface area (TPSA) is 54.5 Å². The van der Waals surface area contributed by atoms with Crippen LogP contribution in [0.15, 0.2) is 18.3 Å². The number of nitrogens with zero attached hydrogens (tertiary/aromatic N) is 2. The zero-order valence-corrected chi connectivity index (χ0v) is 12.3. The van der Waals surface area contributed by atoms with Crippen LogP contribution in [0.4, 0.5) is 0 Å². The molecule has 0 bridgehead atoms. The largest absolute Gasteiger partial charge is 0.375 e. The van der Waals surface area contributed by atoms with Gasteiger partial charge in [-0.2, -0.15) is 0 Å². The van der Waals surface area contributed by atoms with Crippen molar-refractivity contribution in [2.75, 3.05) is 32.8 Å². The van der Waals surface area contributed by atoms with Crippen molar-refractivity contribution in [3.05, 3.63) is 29.6 Å². The lowest BCUT2D eigenvalue weighted by Crippen LogP contribution is -2.43. The molecule has 0 aromatic carbocycles. The van der Waals surface area contributed by atoms with Gasteiger partial charge in [-0.1, -0.05) is 6.92 Å². The summed E-state index contributed by atoms with van der Waals surface area (Å²) in [5.74, 6) is -0.0688. The van der Waals surface area contributed by atoms with E-state index in [1.54, 1.807) is 12.3 Å². The molecule has 5 nitrogen and oxygen atoms in total. The highest BCUT2D eigenvalue weighted by Gasteiger charge is 2.19. The van der Waals surface area contributed by atoms with Gasteiger partial charge in [-0.15, -0.1) is 0 Å². The molecule has 0 radical (unpaired) electrons. The van der Waals surface area contributed by atoms with Gasteiger partial charge < -0.3 is 10.1 Å². The fraction of sp³-hybridized carbons (Fsp3) is 0.600. The molecule has 1 N–H and O–H groups in total. The molecule has 20 heavy (non-hydrogen) atoms. The predicted molar refractivity (Wildman–Crippen MR) is 77.8 cm³/mol. The van der Waals surface area contributed by atoms with E-state index in [2.05, 4.69) is 22.1 Å². The van der Waals surface area contributed by atoms with Crippen LogP contribution >= 0.6 is 0 Å². The number of hydrogen-bond acceptors (Lipinski definition) is 4. The summed E-state index contributed by atoms with van der Waals surface area (Å²) in [4.78, 5) is 18.4. The number of aryl methyl sites for hydroxylation is 1. The van der Waals surface area contributed by atoms with Gasteiger partial charge >= 0.3 is 0 Å². The van der Waals surface area contributed by atoms with Crippen molar-refractivity contribution < 1.29 is 9.53 Å². The van der Waals surface area contributed by atoms with Gasteiger partial charge in [0.15, 0.2) is 0 Å². The molecule has 1 aromatic heterocycles. The Morgan fingerprint density at radius 3 is 3.10 bits per heavy atom. The summed E-state index contributed by atoms with van der Waals surface area (Å²) in [5, 5.41) is 2.92. The maximum absolute atomic E-state index is 11.9. The second-order valence-corrected chi connectivity index (χ2v) is 5.12. The fourth-order valence-corrected chi connectivity index (χ4v) is 2.29. The Labute approximate surface area is 120 Å². The van der Waals surface area contributed by atoms with Crippen molar-refractivity contribution in [1.82, 2.24) is 15.2 Å². The molecular weight excluding hydrogens is 254 g/mol. The average molecular weight is 277 g/mol. The van der Waals surface area contributed by atoms with E-state index in [1.165, 1.54) is 0 Å². The molecule has 0 saturated carbocycles.